The van der Waals surface area contributed by atoms with Crippen molar-refractivity contribution in [2.45, 2.75) is 57.2 Å². The monoisotopic (exact) mass is 428 g/mol. The van der Waals surface area contributed by atoms with Gasteiger partial charge in [-0.05, 0) is 20.8 Å². The molecule has 0 bridgehead atoms. The van der Waals surface area contributed by atoms with E-state index in [1.807, 2.05) is 25.7 Å². The fourth-order valence-corrected chi connectivity index (χ4v) is 3.14. The summed E-state index contributed by atoms with van der Waals surface area (Å²) < 4.78 is 0. The van der Waals surface area contributed by atoms with E-state index in [-0.39, 0.29) is 64.2 Å². The van der Waals surface area contributed by atoms with Crippen LogP contribution in [0, 0.1) is 0 Å². The van der Waals surface area contributed by atoms with Crippen molar-refractivity contribution in [1.29, 1.82) is 0 Å². The van der Waals surface area contributed by atoms with Gasteiger partial charge in [-0.2, -0.15) is 0 Å². The van der Waals surface area contributed by atoms with E-state index in [0.29, 0.717) is 0 Å². The predicted octanol–water partition coefficient (Wildman–Crippen LogP) is -3.24. The van der Waals surface area contributed by atoms with Gasteiger partial charge in [0.2, 0.25) is 0 Å². The molecule has 0 spiro atoms. The second-order valence-electron chi connectivity index (χ2n) is 7.47. The molecule has 7 N–H and O–H groups in total. The fraction of sp³-hybridized carbons (Fsp3) is 1.00. The van der Waals surface area contributed by atoms with Crippen LogP contribution in [0.15, 0.2) is 0 Å². The van der Waals surface area contributed by atoms with Gasteiger partial charge in [0.1, 0.15) is 6.61 Å². The van der Waals surface area contributed by atoms with Crippen LogP contribution in [-0.4, -0.2) is 141 Å². The molecule has 0 amide bonds. The molecule has 6 atom stereocenters. The SMILES string of the molecule is CC(CO)N(C(C)CO)C(C)COOCC(O)CN(CC(O)CO)CC(O)CO. The van der Waals surface area contributed by atoms with Gasteiger partial charge < -0.3 is 35.7 Å². The molecule has 0 heterocycles. The lowest BCUT2D eigenvalue weighted by Gasteiger charge is -2.37. The fourth-order valence-electron chi connectivity index (χ4n) is 3.14. The Morgan fingerprint density at radius 3 is 1.41 bits per heavy atom. The molecule has 0 aliphatic carbocycles. The summed E-state index contributed by atoms with van der Waals surface area (Å²) in [4.78, 5) is 13.6. The lowest BCUT2D eigenvalue weighted by atomic mass is 10.1. The van der Waals surface area contributed by atoms with Gasteiger partial charge in [0.25, 0.3) is 0 Å². The second-order valence-corrected chi connectivity index (χ2v) is 7.47. The Hall–Kier alpha value is -0.440. The van der Waals surface area contributed by atoms with E-state index in [9.17, 15) is 25.5 Å². The van der Waals surface area contributed by atoms with Crippen LogP contribution in [0.4, 0.5) is 0 Å². The molecule has 0 rings (SSSR count). The van der Waals surface area contributed by atoms with Gasteiger partial charge in [0.15, 0.2) is 0 Å². The maximum atomic E-state index is 10.1. The minimum atomic E-state index is -1.04. The lowest BCUT2D eigenvalue weighted by molar-refractivity contribution is -0.312. The summed E-state index contributed by atoms with van der Waals surface area (Å²) in [7, 11) is 0. The minimum Gasteiger partial charge on any atom is -0.395 e. The largest absolute Gasteiger partial charge is 0.395 e. The van der Waals surface area contributed by atoms with Crippen LogP contribution in [0.1, 0.15) is 20.8 Å². The van der Waals surface area contributed by atoms with Crippen molar-refractivity contribution in [3.63, 3.8) is 0 Å². The van der Waals surface area contributed by atoms with Crippen LogP contribution in [-0.2, 0) is 9.78 Å². The summed E-state index contributed by atoms with van der Waals surface area (Å²) in [5.74, 6) is 0. The van der Waals surface area contributed by atoms with Gasteiger partial charge in [-0.15, -0.1) is 0 Å². The van der Waals surface area contributed by atoms with Gasteiger partial charge in [0, 0.05) is 37.8 Å². The topological polar surface area (TPSA) is 167 Å². The quantitative estimate of drug-likeness (QED) is 0.0666. The third-order valence-corrected chi connectivity index (χ3v) is 4.54. The maximum absolute atomic E-state index is 10.1. The number of nitrogens with zero attached hydrogens (tertiary/aromatic N) is 2. The van der Waals surface area contributed by atoms with E-state index >= 15 is 0 Å². The average molecular weight is 429 g/mol. The summed E-state index contributed by atoms with van der Waals surface area (Å²) in [6, 6.07) is -0.510. The second kappa shape index (κ2) is 16.3. The third-order valence-electron chi connectivity index (χ3n) is 4.54. The molecule has 0 radical (unpaired) electrons. The molecule has 0 saturated heterocycles. The number of aliphatic hydroxyl groups is 7. The molecular formula is C18H40N2O9. The number of rotatable bonds is 18. The van der Waals surface area contributed by atoms with Crippen molar-refractivity contribution in [1.82, 2.24) is 9.80 Å². The van der Waals surface area contributed by atoms with Crippen molar-refractivity contribution < 1.29 is 45.5 Å². The minimum absolute atomic E-state index is 0.00949. The van der Waals surface area contributed by atoms with E-state index < -0.39 is 31.5 Å². The summed E-state index contributed by atoms with van der Waals surface area (Å²) in [5.41, 5.74) is 0. The van der Waals surface area contributed by atoms with E-state index in [4.69, 9.17) is 20.0 Å². The Bertz CT molecular complexity index is 372. The van der Waals surface area contributed by atoms with Crippen molar-refractivity contribution in [2.24, 2.45) is 0 Å². The van der Waals surface area contributed by atoms with Crippen LogP contribution in [0.2, 0.25) is 0 Å². The van der Waals surface area contributed by atoms with E-state index in [1.165, 1.54) is 4.90 Å². The molecule has 0 saturated carbocycles. The Morgan fingerprint density at radius 2 is 1.00 bits per heavy atom. The van der Waals surface area contributed by atoms with Gasteiger partial charge in [0.05, 0.1) is 51.3 Å². The predicted molar refractivity (Wildman–Crippen MR) is 105 cm³/mol. The first kappa shape index (κ1) is 28.6. The first-order valence-corrected chi connectivity index (χ1v) is 9.91. The smallest absolute Gasteiger partial charge is 0.109 e. The lowest BCUT2D eigenvalue weighted by Crippen LogP contribution is -2.50. The van der Waals surface area contributed by atoms with Crippen LogP contribution < -0.4 is 0 Å². The van der Waals surface area contributed by atoms with E-state index in [2.05, 4.69) is 0 Å². The molecule has 0 aliphatic rings. The standard InChI is InChI=1S/C18H40N2O9/c1-13(7-21)20(14(2)8-22)15(3)11-28-29-12-18(27)6-19(4-16(25)9-23)5-17(26)10-24/h13-18,21-27H,4-12H2,1-3H3. The molecule has 0 aliphatic heterocycles. The number of hydrogen-bond donors (Lipinski definition) is 7. The highest BCUT2D eigenvalue weighted by Crippen LogP contribution is 2.11. The van der Waals surface area contributed by atoms with Crippen molar-refractivity contribution in [3.8, 4) is 0 Å². The van der Waals surface area contributed by atoms with Gasteiger partial charge >= 0.3 is 0 Å². The molecule has 176 valence electrons. The van der Waals surface area contributed by atoms with Crippen LogP contribution in [0.3, 0.4) is 0 Å². The molecule has 11 nitrogen and oxygen atoms in total. The zero-order valence-electron chi connectivity index (χ0n) is 17.7. The number of aliphatic hydroxyl groups excluding tert-OH is 7. The zero-order valence-corrected chi connectivity index (χ0v) is 17.7. The first-order chi connectivity index (χ1) is 13.7. The highest BCUT2D eigenvalue weighted by atomic mass is 17.2. The maximum Gasteiger partial charge on any atom is 0.109 e. The Kier molecular flexibility index (Phi) is 16.0. The number of hydrogen-bond acceptors (Lipinski definition) is 11. The van der Waals surface area contributed by atoms with E-state index in [1.54, 1.807) is 0 Å². The summed E-state index contributed by atoms with van der Waals surface area (Å²) >= 11 is 0. The van der Waals surface area contributed by atoms with Gasteiger partial charge in [-0.25, -0.2) is 9.78 Å². The van der Waals surface area contributed by atoms with Crippen molar-refractivity contribution >= 4 is 0 Å². The Balaban J connectivity index is 4.44. The van der Waals surface area contributed by atoms with Crippen LogP contribution in [0.25, 0.3) is 0 Å². The normalized spacial score (nSPS) is 18.6. The van der Waals surface area contributed by atoms with Crippen molar-refractivity contribution in [2.75, 3.05) is 59.3 Å². The molecular weight excluding hydrogens is 388 g/mol. The van der Waals surface area contributed by atoms with Crippen molar-refractivity contribution in [3.05, 3.63) is 0 Å². The van der Waals surface area contributed by atoms with Crippen LogP contribution >= 0.6 is 0 Å². The third kappa shape index (κ3) is 12.1. The molecule has 0 aromatic rings. The van der Waals surface area contributed by atoms with Gasteiger partial charge in [-0.3, -0.25) is 9.80 Å². The highest BCUT2D eigenvalue weighted by molar-refractivity contribution is 4.78. The molecule has 29 heavy (non-hydrogen) atoms. The molecule has 0 aromatic heterocycles. The molecule has 0 aromatic carbocycles. The first-order valence-electron chi connectivity index (χ1n) is 9.91. The van der Waals surface area contributed by atoms with E-state index in [0.717, 1.165) is 0 Å². The molecule has 11 heteroatoms. The highest BCUT2D eigenvalue weighted by Gasteiger charge is 2.25. The average Bonchev–Trinajstić information content (AvgIpc) is 2.70. The Labute approximate surface area is 172 Å². The van der Waals surface area contributed by atoms with Crippen LogP contribution in [0.5, 0.6) is 0 Å². The summed E-state index contributed by atoms with van der Waals surface area (Å²) in [6.45, 7) is 4.51. The zero-order chi connectivity index (χ0) is 22.4. The van der Waals surface area contributed by atoms with Gasteiger partial charge in [-0.1, -0.05) is 0 Å². The Morgan fingerprint density at radius 1 is 0.586 bits per heavy atom. The summed E-state index contributed by atoms with van der Waals surface area (Å²) in [5, 5.41) is 65.9. The molecule has 6 unspecified atom stereocenters. The summed E-state index contributed by atoms with van der Waals surface area (Å²) in [6.07, 6.45) is -3.08. The molecule has 0 fully saturated rings.